The maximum Gasteiger partial charge on any atom is 0.103 e. The van der Waals surface area contributed by atoms with Crippen molar-refractivity contribution < 1.29 is 4.74 Å². The third-order valence-corrected chi connectivity index (χ3v) is 7.05. The zero-order valence-electron chi connectivity index (χ0n) is 21.8. The van der Waals surface area contributed by atoms with Crippen LogP contribution >= 0.6 is 0 Å². The van der Waals surface area contributed by atoms with Crippen molar-refractivity contribution in [3.8, 4) is 6.07 Å². The first-order valence-electron chi connectivity index (χ1n) is 13.2. The van der Waals surface area contributed by atoms with Gasteiger partial charge in [0.15, 0.2) is 0 Å². The second-order valence-electron chi connectivity index (χ2n) is 9.62. The number of anilines is 2. The fraction of sp³-hybridized carbons (Fsp3) is 0.290. The molecule has 3 N–H and O–H groups in total. The van der Waals surface area contributed by atoms with Crippen LogP contribution in [-0.2, 0) is 11.3 Å². The summed E-state index contributed by atoms with van der Waals surface area (Å²) in [5.41, 5.74) is 7.68. The Morgan fingerprint density at radius 1 is 1.08 bits per heavy atom. The van der Waals surface area contributed by atoms with Gasteiger partial charge in [0.1, 0.15) is 6.07 Å². The molecule has 0 radical (unpaired) electrons. The molecule has 1 fully saturated rings. The number of hydrogen-bond donors (Lipinski definition) is 3. The molecule has 0 atom stereocenters. The second kappa shape index (κ2) is 12.5. The van der Waals surface area contributed by atoms with E-state index in [1.165, 1.54) is 5.56 Å². The van der Waals surface area contributed by atoms with Crippen molar-refractivity contribution in [2.24, 2.45) is 0 Å². The smallest absolute Gasteiger partial charge is 0.103 e. The van der Waals surface area contributed by atoms with Gasteiger partial charge in [-0.2, -0.15) is 5.26 Å². The molecule has 0 aliphatic carbocycles. The number of H-pyrrole nitrogens is 1. The Balaban J connectivity index is 1.21. The number of morpholine rings is 1. The summed E-state index contributed by atoms with van der Waals surface area (Å²) in [6, 6.07) is 17.0. The maximum absolute atomic E-state index is 9.74. The van der Waals surface area contributed by atoms with E-state index < -0.39 is 0 Å². The van der Waals surface area contributed by atoms with Crippen LogP contribution in [-0.4, -0.2) is 54.3 Å². The van der Waals surface area contributed by atoms with Gasteiger partial charge in [-0.3, -0.25) is 9.88 Å². The average Bonchev–Trinajstić information content (AvgIpc) is 3.45. The first-order chi connectivity index (χ1) is 18.7. The van der Waals surface area contributed by atoms with Crippen LogP contribution < -0.4 is 10.6 Å². The van der Waals surface area contributed by atoms with Crippen molar-refractivity contribution in [3.63, 3.8) is 0 Å². The number of nitrogens with one attached hydrogen (secondary N) is 3. The van der Waals surface area contributed by atoms with Gasteiger partial charge in [0.2, 0.25) is 0 Å². The lowest BCUT2D eigenvalue weighted by molar-refractivity contribution is 0.0374. The SMILES string of the molecule is Cc1c(Nc2c(C#N)cncc2C=Cc2ccc(CNCCCN3CCOCC3)cc2)ccc2[nH]ccc12. The molecule has 5 rings (SSSR count). The van der Waals surface area contributed by atoms with Gasteiger partial charge in [-0.15, -0.1) is 0 Å². The predicted molar refractivity (Wildman–Crippen MR) is 154 cm³/mol. The largest absolute Gasteiger partial charge is 0.379 e. The number of ether oxygens (including phenoxy) is 1. The highest BCUT2D eigenvalue weighted by molar-refractivity contribution is 5.90. The van der Waals surface area contributed by atoms with Gasteiger partial charge in [-0.1, -0.05) is 36.4 Å². The standard InChI is InChI=1S/C31H34N6O/c1-23-28-11-13-35-30(28)10-9-29(23)36-31-26(21-34-22-27(31)19-32)8-7-24-3-5-25(6-4-24)20-33-12-2-14-37-15-17-38-18-16-37/h3-11,13,21-22,33,35H,2,12,14-18,20H2,1H3,(H,34,36). The Bertz CT molecular complexity index is 1430. The summed E-state index contributed by atoms with van der Waals surface area (Å²) in [6.07, 6.45) is 10.6. The molecule has 0 unspecified atom stereocenters. The Kier molecular flexibility index (Phi) is 8.46. The number of aryl methyl sites for hydroxylation is 1. The lowest BCUT2D eigenvalue weighted by Gasteiger charge is -2.26. The maximum atomic E-state index is 9.74. The van der Waals surface area contributed by atoms with Crippen LogP contribution in [0.4, 0.5) is 11.4 Å². The first kappa shape index (κ1) is 25.7. The van der Waals surface area contributed by atoms with Crippen LogP contribution in [0.15, 0.2) is 61.1 Å². The predicted octanol–water partition coefficient (Wildman–Crippen LogP) is 5.47. The molecule has 7 nitrogen and oxygen atoms in total. The molecule has 4 aromatic rings. The van der Waals surface area contributed by atoms with Gasteiger partial charge in [0.05, 0.1) is 24.5 Å². The van der Waals surface area contributed by atoms with E-state index in [4.69, 9.17) is 4.74 Å². The lowest BCUT2D eigenvalue weighted by Crippen LogP contribution is -2.37. The summed E-state index contributed by atoms with van der Waals surface area (Å²) in [5.74, 6) is 0. The Morgan fingerprint density at radius 3 is 2.74 bits per heavy atom. The van der Waals surface area contributed by atoms with E-state index >= 15 is 0 Å². The minimum absolute atomic E-state index is 0.510. The summed E-state index contributed by atoms with van der Waals surface area (Å²) in [6.45, 7) is 8.89. The van der Waals surface area contributed by atoms with Crippen LogP contribution in [0.3, 0.4) is 0 Å². The van der Waals surface area contributed by atoms with E-state index in [1.54, 1.807) is 12.4 Å². The zero-order chi connectivity index (χ0) is 26.2. The van der Waals surface area contributed by atoms with E-state index in [1.807, 2.05) is 24.4 Å². The normalized spacial score (nSPS) is 14.2. The Morgan fingerprint density at radius 2 is 1.92 bits per heavy atom. The van der Waals surface area contributed by atoms with E-state index in [9.17, 15) is 5.26 Å². The number of fused-ring (bicyclic) bond motifs is 1. The highest BCUT2D eigenvalue weighted by atomic mass is 16.5. The number of benzene rings is 2. The minimum atomic E-state index is 0.510. The summed E-state index contributed by atoms with van der Waals surface area (Å²) < 4.78 is 5.41. The topological polar surface area (TPSA) is 89.0 Å². The van der Waals surface area contributed by atoms with Crippen molar-refractivity contribution >= 4 is 34.4 Å². The van der Waals surface area contributed by atoms with Crippen LogP contribution in [0, 0.1) is 18.3 Å². The van der Waals surface area contributed by atoms with E-state index in [-0.39, 0.29) is 0 Å². The van der Waals surface area contributed by atoms with Crippen LogP contribution in [0.1, 0.15) is 34.2 Å². The number of aromatic amines is 1. The summed E-state index contributed by atoms with van der Waals surface area (Å²) in [5, 5.41) is 17.9. The van der Waals surface area contributed by atoms with Crippen LogP contribution in [0.2, 0.25) is 0 Å². The van der Waals surface area contributed by atoms with Crippen LogP contribution in [0.5, 0.6) is 0 Å². The molecule has 0 bridgehead atoms. The number of pyridine rings is 1. The van der Waals surface area contributed by atoms with Gasteiger partial charge in [0, 0.05) is 60.4 Å². The number of rotatable bonds is 10. The Labute approximate surface area is 224 Å². The van der Waals surface area contributed by atoms with Gasteiger partial charge < -0.3 is 20.4 Å². The van der Waals surface area contributed by atoms with Crippen molar-refractivity contribution in [1.82, 2.24) is 20.2 Å². The van der Waals surface area contributed by atoms with Crippen molar-refractivity contribution in [2.75, 3.05) is 44.7 Å². The molecular formula is C31H34N6O. The fourth-order valence-electron chi connectivity index (χ4n) is 4.80. The number of nitrogens with zero attached hydrogens (tertiary/aromatic N) is 3. The molecule has 7 heteroatoms. The van der Waals surface area contributed by atoms with Crippen molar-refractivity contribution in [2.45, 2.75) is 19.9 Å². The lowest BCUT2D eigenvalue weighted by atomic mass is 10.1. The van der Waals surface area contributed by atoms with Crippen LogP contribution in [0.25, 0.3) is 23.1 Å². The minimum Gasteiger partial charge on any atom is -0.379 e. The molecule has 1 saturated heterocycles. The van der Waals surface area contributed by atoms with E-state index in [0.29, 0.717) is 5.56 Å². The molecule has 1 aliphatic rings. The number of hydrogen-bond acceptors (Lipinski definition) is 6. The molecule has 2 aromatic carbocycles. The third kappa shape index (κ3) is 6.29. The second-order valence-corrected chi connectivity index (χ2v) is 9.62. The first-order valence-corrected chi connectivity index (χ1v) is 13.2. The Hall–Kier alpha value is -3.96. The fourth-order valence-corrected chi connectivity index (χ4v) is 4.80. The quantitative estimate of drug-likeness (QED) is 0.247. The third-order valence-electron chi connectivity index (χ3n) is 7.05. The van der Waals surface area contributed by atoms with Gasteiger partial charge in [-0.25, -0.2) is 0 Å². The van der Waals surface area contributed by atoms with Gasteiger partial charge in [0.25, 0.3) is 0 Å². The summed E-state index contributed by atoms with van der Waals surface area (Å²) in [4.78, 5) is 10.0. The molecule has 0 amide bonds. The van der Waals surface area contributed by atoms with Crippen molar-refractivity contribution in [1.29, 1.82) is 5.26 Å². The molecule has 3 heterocycles. The average molecular weight is 507 g/mol. The summed E-state index contributed by atoms with van der Waals surface area (Å²) in [7, 11) is 0. The monoisotopic (exact) mass is 506 g/mol. The van der Waals surface area contributed by atoms with E-state index in [2.05, 4.69) is 74.9 Å². The van der Waals surface area contributed by atoms with Crippen molar-refractivity contribution in [3.05, 3.63) is 88.9 Å². The molecule has 38 heavy (non-hydrogen) atoms. The molecule has 0 spiro atoms. The highest BCUT2D eigenvalue weighted by Crippen LogP contribution is 2.31. The molecule has 0 saturated carbocycles. The van der Waals surface area contributed by atoms with Gasteiger partial charge in [-0.05, 0) is 61.3 Å². The molecule has 1 aliphatic heterocycles. The number of nitriles is 1. The highest BCUT2D eigenvalue weighted by Gasteiger charge is 2.11. The number of aromatic nitrogens is 2. The van der Waals surface area contributed by atoms with Gasteiger partial charge >= 0.3 is 0 Å². The summed E-state index contributed by atoms with van der Waals surface area (Å²) >= 11 is 0. The molecular weight excluding hydrogens is 472 g/mol. The molecule has 194 valence electrons. The molecule has 2 aromatic heterocycles. The van der Waals surface area contributed by atoms with E-state index in [0.717, 1.165) is 91.3 Å². The zero-order valence-corrected chi connectivity index (χ0v) is 21.8.